The Morgan fingerprint density at radius 2 is 1.48 bits per heavy atom. The molecule has 1 aliphatic heterocycles. The summed E-state index contributed by atoms with van der Waals surface area (Å²) in [6.45, 7) is 1.98. The van der Waals surface area contributed by atoms with E-state index in [0.717, 1.165) is 9.87 Å². The Morgan fingerprint density at radius 3 is 2.13 bits per heavy atom. The number of carbonyl (C=O) groups excluding carboxylic acids is 2. The average molecular weight is 683 g/mol. The molecule has 240 valence electrons. The van der Waals surface area contributed by atoms with E-state index < -0.39 is 34.4 Å². The van der Waals surface area contributed by atoms with Gasteiger partial charge in [0.05, 0.1) is 10.6 Å². The summed E-state index contributed by atoms with van der Waals surface area (Å²) in [7, 11) is -4.28. The number of ether oxygens (including phenoxy) is 2. The van der Waals surface area contributed by atoms with Crippen LogP contribution in [0.2, 0.25) is 10.0 Å². The van der Waals surface area contributed by atoms with Crippen LogP contribution in [-0.4, -0.2) is 57.5 Å². The van der Waals surface area contributed by atoms with Crippen molar-refractivity contribution in [3.05, 3.63) is 118 Å². The lowest BCUT2D eigenvalue weighted by atomic mass is 10.0. The standard InChI is InChI=1S/C34H33Cl2N3O6S/c1-2-37-34(41)30(20-24-10-5-3-6-11-24)38(22-27-28(35)14-9-15-29(27)36)33(40)23-39(46(42,43)26-12-7-4-8-13-26)25-16-17-31-32(21-25)45-19-18-44-31/h3-17,21,30H,2,18-20,22-23H2,1H3,(H,37,41)/t30-/m1/s1. The van der Waals surface area contributed by atoms with Gasteiger partial charge in [-0.2, -0.15) is 0 Å². The second kappa shape index (κ2) is 14.9. The Kier molecular flexibility index (Phi) is 10.7. The number of hydrogen-bond donors (Lipinski definition) is 1. The van der Waals surface area contributed by atoms with E-state index >= 15 is 0 Å². The Hall–Kier alpha value is -4.25. The number of hydrogen-bond acceptors (Lipinski definition) is 6. The molecule has 0 saturated carbocycles. The summed E-state index contributed by atoms with van der Waals surface area (Å²) < 4.78 is 40.7. The highest BCUT2D eigenvalue weighted by molar-refractivity contribution is 7.92. The lowest BCUT2D eigenvalue weighted by Gasteiger charge is -2.34. The van der Waals surface area contributed by atoms with Crippen molar-refractivity contribution in [1.29, 1.82) is 0 Å². The van der Waals surface area contributed by atoms with Crippen LogP contribution in [-0.2, 0) is 32.6 Å². The first kappa shape index (κ1) is 33.1. The zero-order chi connectivity index (χ0) is 32.7. The van der Waals surface area contributed by atoms with E-state index in [1.807, 2.05) is 30.3 Å². The molecule has 4 aromatic rings. The van der Waals surface area contributed by atoms with Gasteiger partial charge in [-0.05, 0) is 48.9 Å². The fourth-order valence-electron chi connectivity index (χ4n) is 5.14. The fraction of sp³-hybridized carbons (Fsp3) is 0.235. The van der Waals surface area contributed by atoms with Crippen LogP contribution >= 0.6 is 23.2 Å². The Morgan fingerprint density at radius 1 is 0.848 bits per heavy atom. The number of sulfonamides is 1. The Labute approximate surface area is 278 Å². The number of carbonyl (C=O) groups is 2. The van der Waals surface area contributed by atoms with Gasteiger partial charge in [-0.1, -0.05) is 77.8 Å². The highest BCUT2D eigenvalue weighted by Gasteiger charge is 2.35. The molecular weight excluding hydrogens is 649 g/mol. The summed E-state index contributed by atoms with van der Waals surface area (Å²) in [4.78, 5) is 29.5. The zero-order valence-electron chi connectivity index (χ0n) is 25.1. The van der Waals surface area contributed by atoms with Crippen molar-refractivity contribution in [2.45, 2.75) is 30.8 Å². The third kappa shape index (κ3) is 7.58. The summed E-state index contributed by atoms with van der Waals surface area (Å²) >= 11 is 13.1. The number of rotatable bonds is 12. The average Bonchev–Trinajstić information content (AvgIpc) is 3.07. The molecule has 1 N–H and O–H groups in total. The molecule has 0 aliphatic carbocycles. The number of nitrogens with one attached hydrogen (secondary N) is 1. The largest absolute Gasteiger partial charge is 0.486 e. The Bertz CT molecular complexity index is 1770. The van der Waals surface area contributed by atoms with Crippen LogP contribution in [0.25, 0.3) is 0 Å². The van der Waals surface area contributed by atoms with Gasteiger partial charge in [-0.15, -0.1) is 0 Å². The van der Waals surface area contributed by atoms with Crippen LogP contribution in [0, 0.1) is 0 Å². The quantitative estimate of drug-likeness (QED) is 0.205. The van der Waals surface area contributed by atoms with E-state index in [-0.39, 0.29) is 23.5 Å². The molecule has 0 bridgehead atoms. The number of likely N-dealkylation sites (N-methyl/N-ethyl adjacent to an activating group) is 1. The van der Waals surface area contributed by atoms with Crippen LogP contribution in [0.4, 0.5) is 5.69 Å². The maximum Gasteiger partial charge on any atom is 0.264 e. The topological polar surface area (TPSA) is 105 Å². The van der Waals surface area contributed by atoms with Crippen molar-refractivity contribution in [2.75, 3.05) is 30.6 Å². The molecule has 9 nitrogen and oxygen atoms in total. The minimum absolute atomic E-state index is 0.0112. The molecule has 1 heterocycles. The number of benzene rings is 4. The van der Waals surface area contributed by atoms with Gasteiger partial charge in [0.15, 0.2) is 11.5 Å². The van der Waals surface area contributed by atoms with Gasteiger partial charge in [0.25, 0.3) is 10.0 Å². The maximum atomic E-state index is 14.6. The number of nitrogens with zero attached hydrogens (tertiary/aromatic N) is 2. The number of anilines is 1. The number of amides is 2. The van der Waals surface area contributed by atoms with Gasteiger partial charge in [0.2, 0.25) is 11.8 Å². The summed E-state index contributed by atoms with van der Waals surface area (Å²) in [5.41, 5.74) is 1.43. The minimum atomic E-state index is -4.28. The van der Waals surface area contributed by atoms with E-state index in [2.05, 4.69) is 5.32 Å². The molecule has 0 unspecified atom stereocenters. The van der Waals surface area contributed by atoms with Gasteiger partial charge in [0, 0.05) is 41.2 Å². The van der Waals surface area contributed by atoms with Crippen molar-refractivity contribution in [3.8, 4) is 11.5 Å². The molecule has 0 saturated heterocycles. The second-order valence-electron chi connectivity index (χ2n) is 10.5. The first-order chi connectivity index (χ1) is 22.2. The van der Waals surface area contributed by atoms with Crippen LogP contribution in [0.5, 0.6) is 11.5 Å². The Balaban J connectivity index is 1.60. The fourth-order valence-corrected chi connectivity index (χ4v) is 7.08. The number of halogens is 2. The summed E-state index contributed by atoms with van der Waals surface area (Å²) in [6, 6.07) is 25.7. The first-order valence-corrected chi connectivity index (χ1v) is 16.9. The monoisotopic (exact) mass is 681 g/mol. The predicted octanol–water partition coefficient (Wildman–Crippen LogP) is 5.74. The molecule has 5 rings (SSSR count). The van der Waals surface area contributed by atoms with Crippen LogP contribution < -0.4 is 19.1 Å². The molecule has 0 fully saturated rings. The van der Waals surface area contributed by atoms with Crippen LogP contribution in [0.3, 0.4) is 0 Å². The molecule has 0 aromatic heterocycles. The predicted molar refractivity (Wildman–Crippen MR) is 178 cm³/mol. The normalized spacial score (nSPS) is 13.0. The van der Waals surface area contributed by atoms with Gasteiger partial charge in [-0.25, -0.2) is 8.42 Å². The molecule has 1 aliphatic rings. The van der Waals surface area contributed by atoms with Crippen molar-refractivity contribution in [1.82, 2.24) is 10.2 Å². The van der Waals surface area contributed by atoms with E-state index in [1.165, 1.54) is 23.1 Å². The molecule has 0 radical (unpaired) electrons. The molecule has 1 atom stereocenters. The van der Waals surface area contributed by atoms with Crippen molar-refractivity contribution < 1.29 is 27.5 Å². The molecule has 46 heavy (non-hydrogen) atoms. The number of fused-ring (bicyclic) bond motifs is 1. The minimum Gasteiger partial charge on any atom is -0.486 e. The van der Waals surface area contributed by atoms with Crippen LogP contribution in [0.15, 0.2) is 102 Å². The van der Waals surface area contributed by atoms with Gasteiger partial charge >= 0.3 is 0 Å². The molecule has 4 aromatic carbocycles. The SMILES string of the molecule is CCNC(=O)[C@@H](Cc1ccccc1)N(Cc1c(Cl)cccc1Cl)C(=O)CN(c1ccc2c(c1)OCCO2)S(=O)(=O)c1ccccc1. The molecular formula is C34H33Cl2N3O6S. The maximum absolute atomic E-state index is 14.6. The highest BCUT2D eigenvalue weighted by Crippen LogP contribution is 2.36. The molecule has 0 spiro atoms. The lowest BCUT2D eigenvalue weighted by Crippen LogP contribution is -2.53. The van der Waals surface area contributed by atoms with E-state index in [4.69, 9.17) is 32.7 Å². The molecule has 12 heteroatoms. The van der Waals surface area contributed by atoms with Crippen molar-refractivity contribution in [3.63, 3.8) is 0 Å². The third-order valence-corrected chi connectivity index (χ3v) is 9.93. The van der Waals surface area contributed by atoms with Crippen molar-refractivity contribution in [2.24, 2.45) is 0 Å². The first-order valence-electron chi connectivity index (χ1n) is 14.7. The van der Waals surface area contributed by atoms with Crippen molar-refractivity contribution >= 4 is 50.7 Å². The van der Waals surface area contributed by atoms with E-state index in [9.17, 15) is 18.0 Å². The van der Waals surface area contributed by atoms with Gasteiger partial charge < -0.3 is 19.7 Å². The zero-order valence-corrected chi connectivity index (χ0v) is 27.4. The smallest absolute Gasteiger partial charge is 0.264 e. The van der Waals surface area contributed by atoms with Gasteiger partial charge in [0.1, 0.15) is 25.8 Å². The summed E-state index contributed by atoms with van der Waals surface area (Å²) in [5.74, 6) is -0.224. The van der Waals surface area contributed by atoms with Gasteiger partial charge in [-0.3, -0.25) is 13.9 Å². The van der Waals surface area contributed by atoms with Crippen LogP contribution in [0.1, 0.15) is 18.1 Å². The van der Waals surface area contributed by atoms with E-state index in [1.54, 1.807) is 55.5 Å². The summed E-state index contributed by atoms with van der Waals surface area (Å²) in [5, 5.41) is 3.44. The highest BCUT2D eigenvalue weighted by atomic mass is 35.5. The second-order valence-corrected chi connectivity index (χ2v) is 13.2. The summed E-state index contributed by atoms with van der Waals surface area (Å²) in [6.07, 6.45) is 0.163. The van der Waals surface area contributed by atoms with E-state index in [0.29, 0.717) is 46.9 Å². The third-order valence-electron chi connectivity index (χ3n) is 7.44. The lowest BCUT2D eigenvalue weighted by molar-refractivity contribution is -0.140. The molecule has 2 amide bonds.